The first kappa shape index (κ1) is 10.4. The zero-order chi connectivity index (χ0) is 12.0. The van der Waals surface area contributed by atoms with Gasteiger partial charge in [0.05, 0.1) is 0 Å². The molecule has 3 rings (SSSR count). The molecule has 8 heteroatoms. The number of fused-ring (bicyclic) bond motifs is 3. The predicted octanol–water partition coefficient (Wildman–Crippen LogP) is -0.549. The average Bonchev–Trinajstić information content (AvgIpc) is 2.82. The van der Waals surface area contributed by atoms with Gasteiger partial charge in [0.25, 0.3) is 0 Å². The predicted molar refractivity (Wildman–Crippen MR) is 55.9 cm³/mol. The van der Waals surface area contributed by atoms with E-state index in [1.807, 2.05) is 0 Å². The van der Waals surface area contributed by atoms with Gasteiger partial charge >= 0.3 is 7.12 Å². The van der Waals surface area contributed by atoms with E-state index in [0.29, 0.717) is 22.5 Å². The van der Waals surface area contributed by atoms with E-state index in [1.54, 1.807) is 12.1 Å². The minimum Gasteiger partial charge on any atom is -0.454 e. The van der Waals surface area contributed by atoms with E-state index in [2.05, 4.69) is 0 Å². The number of hydrogen-bond donors (Lipinski definition) is 1. The molecule has 0 aromatic heterocycles. The highest BCUT2D eigenvalue weighted by molar-refractivity contribution is 6.62. The summed E-state index contributed by atoms with van der Waals surface area (Å²) in [5.41, 5.74) is 1.02. The lowest BCUT2D eigenvalue weighted by Crippen LogP contribution is -2.27. The molecule has 0 amide bonds. The summed E-state index contributed by atoms with van der Waals surface area (Å²) in [7, 11) is -1.15. The second-order valence-electron chi connectivity index (χ2n) is 3.79. The summed E-state index contributed by atoms with van der Waals surface area (Å²) in [5.74, 6) is 0.959. The quantitative estimate of drug-likeness (QED) is 0.421. The number of rotatable bonds is 2. The Bertz CT molecular complexity index is 493. The SMILES string of the molecule is O=[N+]([O-])CC1OB(O)c2ccc3c(c21)OCO3. The number of hydrogen-bond acceptors (Lipinski definition) is 6. The van der Waals surface area contributed by atoms with E-state index < -0.39 is 24.7 Å². The molecule has 0 saturated carbocycles. The van der Waals surface area contributed by atoms with Crippen LogP contribution in [0.5, 0.6) is 11.5 Å². The van der Waals surface area contributed by atoms with Crippen LogP contribution in [0.25, 0.3) is 0 Å². The van der Waals surface area contributed by atoms with Crippen LogP contribution in [0.3, 0.4) is 0 Å². The van der Waals surface area contributed by atoms with Gasteiger partial charge in [0, 0.05) is 10.5 Å². The van der Waals surface area contributed by atoms with Crippen LogP contribution in [0.1, 0.15) is 11.7 Å². The van der Waals surface area contributed by atoms with Crippen LogP contribution in [0, 0.1) is 10.1 Å². The lowest BCUT2D eigenvalue weighted by Gasteiger charge is -2.09. The van der Waals surface area contributed by atoms with Crippen molar-refractivity contribution < 1.29 is 24.1 Å². The van der Waals surface area contributed by atoms with E-state index in [1.165, 1.54) is 0 Å². The summed E-state index contributed by atoms with van der Waals surface area (Å²) >= 11 is 0. The fourth-order valence-electron chi connectivity index (χ4n) is 2.12. The first-order valence-electron chi connectivity index (χ1n) is 5.04. The van der Waals surface area contributed by atoms with Gasteiger partial charge in [-0.15, -0.1) is 0 Å². The molecule has 17 heavy (non-hydrogen) atoms. The van der Waals surface area contributed by atoms with Crippen LogP contribution in [-0.2, 0) is 4.65 Å². The average molecular weight is 237 g/mol. The summed E-state index contributed by atoms with van der Waals surface area (Å²) in [6.07, 6.45) is -0.799. The number of ether oxygens (including phenoxy) is 2. The van der Waals surface area contributed by atoms with Gasteiger partial charge in [-0.1, -0.05) is 6.07 Å². The van der Waals surface area contributed by atoms with Crippen LogP contribution < -0.4 is 14.9 Å². The van der Waals surface area contributed by atoms with Crippen molar-refractivity contribution in [2.45, 2.75) is 6.10 Å². The van der Waals surface area contributed by atoms with Gasteiger partial charge in [0.1, 0.15) is 6.10 Å². The van der Waals surface area contributed by atoms with Gasteiger partial charge in [0.15, 0.2) is 11.5 Å². The fourth-order valence-corrected chi connectivity index (χ4v) is 2.12. The van der Waals surface area contributed by atoms with E-state index in [-0.39, 0.29) is 6.79 Å². The zero-order valence-electron chi connectivity index (χ0n) is 8.66. The van der Waals surface area contributed by atoms with E-state index in [4.69, 9.17) is 14.1 Å². The molecule has 2 aliphatic rings. The number of nitro groups is 1. The van der Waals surface area contributed by atoms with Gasteiger partial charge in [-0.2, -0.15) is 0 Å². The largest absolute Gasteiger partial charge is 0.492 e. The Kier molecular flexibility index (Phi) is 2.20. The Morgan fingerprint density at radius 2 is 2.35 bits per heavy atom. The normalized spacial score (nSPS) is 20.5. The van der Waals surface area contributed by atoms with Crippen LogP contribution in [0.2, 0.25) is 0 Å². The van der Waals surface area contributed by atoms with E-state index in [0.717, 1.165) is 0 Å². The summed E-state index contributed by atoms with van der Waals surface area (Å²) < 4.78 is 15.6. The second-order valence-corrected chi connectivity index (χ2v) is 3.79. The molecule has 1 atom stereocenters. The van der Waals surface area contributed by atoms with Gasteiger partial charge in [0.2, 0.25) is 13.3 Å². The van der Waals surface area contributed by atoms with Gasteiger partial charge in [-0.3, -0.25) is 10.1 Å². The van der Waals surface area contributed by atoms with E-state index in [9.17, 15) is 15.1 Å². The van der Waals surface area contributed by atoms with Gasteiger partial charge in [-0.05, 0) is 11.5 Å². The van der Waals surface area contributed by atoms with Crippen LogP contribution in [0.15, 0.2) is 12.1 Å². The molecule has 1 unspecified atom stereocenters. The smallest absolute Gasteiger partial charge is 0.454 e. The monoisotopic (exact) mass is 237 g/mol. The molecular formula is C9H8BNO6. The van der Waals surface area contributed by atoms with Gasteiger partial charge in [-0.25, -0.2) is 0 Å². The fraction of sp³-hybridized carbons (Fsp3) is 0.333. The number of benzene rings is 1. The standard InChI is InChI=1S/C9H8BNO6/c12-10-5-1-2-6-9(16-4-15-6)8(5)7(17-10)3-11(13)14/h1-2,7,12H,3-4H2. The minimum absolute atomic E-state index is 0.0765. The minimum atomic E-state index is -1.15. The molecule has 0 radical (unpaired) electrons. The van der Waals surface area contributed by atoms with Crippen LogP contribution in [-0.4, -0.2) is 30.4 Å². The summed E-state index contributed by atoms with van der Waals surface area (Å²) in [5, 5.41) is 20.2. The van der Waals surface area contributed by atoms with Crippen molar-refractivity contribution in [1.29, 1.82) is 0 Å². The molecule has 0 aliphatic carbocycles. The molecule has 0 fully saturated rings. The Hall–Kier alpha value is -1.80. The third-order valence-electron chi connectivity index (χ3n) is 2.81. The highest BCUT2D eigenvalue weighted by Crippen LogP contribution is 2.41. The summed E-state index contributed by atoms with van der Waals surface area (Å²) in [4.78, 5) is 10.1. The third kappa shape index (κ3) is 1.53. The van der Waals surface area contributed by atoms with Crippen molar-refractivity contribution in [3.63, 3.8) is 0 Å². The van der Waals surface area contributed by atoms with Crippen molar-refractivity contribution in [2.24, 2.45) is 0 Å². The zero-order valence-corrected chi connectivity index (χ0v) is 8.66. The van der Waals surface area contributed by atoms with Gasteiger partial charge < -0.3 is 19.2 Å². The molecule has 0 saturated heterocycles. The maximum absolute atomic E-state index is 10.5. The first-order valence-corrected chi connectivity index (χ1v) is 5.04. The Morgan fingerprint density at radius 1 is 1.53 bits per heavy atom. The summed E-state index contributed by atoms with van der Waals surface area (Å²) in [6, 6.07) is 3.29. The molecule has 1 aromatic carbocycles. The first-order chi connectivity index (χ1) is 8.16. The highest BCUT2D eigenvalue weighted by Gasteiger charge is 2.42. The Labute approximate surface area is 96.2 Å². The van der Waals surface area contributed by atoms with Crippen molar-refractivity contribution in [1.82, 2.24) is 0 Å². The molecule has 2 heterocycles. The van der Waals surface area contributed by atoms with Crippen LogP contribution >= 0.6 is 0 Å². The highest BCUT2D eigenvalue weighted by atomic mass is 16.7. The Balaban J connectivity index is 2.07. The molecule has 1 aromatic rings. The molecule has 1 N–H and O–H groups in total. The maximum atomic E-state index is 10.5. The van der Waals surface area contributed by atoms with Crippen molar-refractivity contribution >= 4 is 12.6 Å². The van der Waals surface area contributed by atoms with Crippen molar-refractivity contribution in [3.8, 4) is 11.5 Å². The molecule has 7 nitrogen and oxygen atoms in total. The van der Waals surface area contributed by atoms with Crippen LogP contribution in [0.4, 0.5) is 0 Å². The topological polar surface area (TPSA) is 91.1 Å². The molecule has 2 aliphatic heterocycles. The molecular weight excluding hydrogens is 229 g/mol. The Morgan fingerprint density at radius 3 is 3.12 bits per heavy atom. The maximum Gasteiger partial charge on any atom is 0.492 e. The van der Waals surface area contributed by atoms with Crippen molar-refractivity contribution in [2.75, 3.05) is 13.3 Å². The summed E-state index contributed by atoms with van der Waals surface area (Å²) in [6.45, 7) is -0.336. The lowest BCUT2D eigenvalue weighted by molar-refractivity contribution is -0.490. The molecule has 88 valence electrons. The van der Waals surface area contributed by atoms with E-state index >= 15 is 0 Å². The molecule has 0 spiro atoms. The third-order valence-corrected chi connectivity index (χ3v) is 2.81. The second kappa shape index (κ2) is 3.61. The number of nitrogens with zero attached hydrogens (tertiary/aromatic N) is 1. The van der Waals surface area contributed by atoms with Crippen molar-refractivity contribution in [3.05, 3.63) is 27.8 Å². The molecule has 0 bridgehead atoms. The lowest BCUT2D eigenvalue weighted by atomic mass is 9.79.